The fourth-order valence-electron chi connectivity index (χ4n) is 8.40. The molecule has 0 saturated carbocycles. The van der Waals surface area contributed by atoms with Gasteiger partial charge in [-0.05, 0) is 32.1 Å². The first-order valence-electron chi connectivity index (χ1n) is 27.0. The number of ether oxygens (including phenoxy) is 1. The summed E-state index contributed by atoms with van der Waals surface area (Å²) >= 11 is 0. The molecule has 0 aromatic rings. The molecule has 0 aromatic carbocycles. The van der Waals surface area contributed by atoms with Crippen LogP contribution in [0.15, 0.2) is 12.2 Å². The number of nitrogens with one attached hydrogen (secondary N) is 1. The second kappa shape index (κ2) is 50.2. The summed E-state index contributed by atoms with van der Waals surface area (Å²) in [5.74, 6) is -0.0961. The zero-order chi connectivity index (χ0) is 43.7. The number of aliphatic hydroxyl groups excluding tert-OH is 2. The minimum atomic E-state index is -0.855. The Morgan fingerprint density at radius 2 is 0.767 bits per heavy atom. The average molecular weight is 848 g/mol. The van der Waals surface area contributed by atoms with Crippen LogP contribution in [0.1, 0.15) is 296 Å². The van der Waals surface area contributed by atoms with E-state index in [0.717, 1.165) is 57.8 Å². The third kappa shape index (κ3) is 46.1. The summed E-state index contributed by atoms with van der Waals surface area (Å²) in [5.41, 5.74) is 0. The molecule has 3 N–H and O–H groups in total. The number of unbranched alkanes of at least 4 members (excludes halogenated alkanes) is 39. The van der Waals surface area contributed by atoms with Crippen LogP contribution in [0.5, 0.6) is 0 Å². The molecule has 1 amide bonds. The lowest BCUT2D eigenvalue weighted by atomic mass is 10.0. The van der Waals surface area contributed by atoms with Crippen molar-refractivity contribution in [1.82, 2.24) is 5.32 Å². The van der Waals surface area contributed by atoms with E-state index < -0.39 is 12.1 Å². The first-order chi connectivity index (χ1) is 29.5. The molecule has 356 valence electrons. The van der Waals surface area contributed by atoms with Gasteiger partial charge in [-0.2, -0.15) is 0 Å². The van der Waals surface area contributed by atoms with Crippen LogP contribution >= 0.6 is 0 Å². The van der Waals surface area contributed by atoms with Gasteiger partial charge >= 0.3 is 5.97 Å². The van der Waals surface area contributed by atoms with Crippen LogP contribution in [0.3, 0.4) is 0 Å². The summed E-state index contributed by atoms with van der Waals surface area (Å²) in [5, 5.41) is 23.1. The molecular formula is C54H105NO5. The Kier molecular flexibility index (Phi) is 49.1. The Balaban J connectivity index is 3.47. The molecule has 0 fully saturated rings. The molecule has 0 radical (unpaired) electrons. The molecule has 60 heavy (non-hydrogen) atoms. The average Bonchev–Trinajstić information content (AvgIpc) is 3.25. The molecule has 2 atom stereocenters. The molecule has 0 aliphatic rings. The summed E-state index contributed by atoms with van der Waals surface area (Å²) in [4.78, 5) is 24.5. The van der Waals surface area contributed by atoms with Crippen molar-refractivity contribution in [2.75, 3.05) is 13.2 Å². The van der Waals surface area contributed by atoms with Crippen LogP contribution in [0.2, 0.25) is 0 Å². The minimum Gasteiger partial charge on any atom is -0.466 e. The third-order valence-corrected chi connectivity index (χ3v) is 12.6. The van der Waals surface area contributed by atoms with E-state index in [1.807, 2.05) is 6.08 Å². The molecule has 0 aliphatic carbocycles. The number of allylic oxidation sites excluding steroid dienone is 1. The fourth-order valence-corrected chi connectivity index (χ4v) is 8.40. The van der Waals surface area contributed by atoms with Gasteiger partial charge in [-0.25, -0.2) is 0 Å². The minimum absolute atomic E-state index is 0.0112. The van der Waals surface area contributed by atoms with Crippen molar-refractivity contribution < 1.29 is 24.5 Å². The molecule has 0 rings (SSSR count). The highest BCUT2D eigenvalue weighted by Crippen LogP contribution is 2.17. The van der Waals surface area contributed by atoms with E-state index in [-0.39, 0.29) is 18.5 Å². The van der Waals surface area contributed by atoms with Crippen LogP contribution in [0.25, 0.3) is 0 Å². The fraction of sp³-hybridized carbons (Fsp3) is 0.926. The molecule has 0 aromatic heterocycles. The number of hydrogen-bond donors (Lipinski definition) is 3. The quantitative estimate of drug-likeness (QED) is 0.0322. The lowest BCUT2D eigenvalue weighted by molar-refractivity contribution is -0.143. The number of esters is 1. The smallest absolute Gasteiger partial charge is 0.305 e. The van der Waals surface area contributed by atoms with Gasteiger partial charge in [-0.15, -0.1) is 0 Å². The molecule has 6 nitrogen and oxygen atoms in total. The third-order valence-electron chi connectivity index (χ3n) is 12.6. The van der Waals surface area contributed by atoms with E-state index in [2.05, 4.69) is 19.2 Å². The molecule has 0 saturated heterocycles. The lowest BCUT2D eigenvalue weighted by Crippen LogP contribution is -2.45. The van der Waals surface area contributed by atoms with E-state index in [4.69, 9.17) is 4.74 Å². The topological polar surface area (TPSA) is 95.9 Å². The van der Waals surface area contributed by atoms with Gasteiger partial charge < -0.3 is 20.3 Å². The van der Waals surface area contributed by atoms with Crippen LogP contribution in [-0.4, -0.2) is 47.4 Å². The molecule has 0 spiro atoms. The Hall–Kier alpha value is -1.40. The van der Waals surface area contributed by atoms with E-state index in [1.54, 1.807) is 6.08 Å². The Bertz CT molecular complexity index is 893. The van der Waals surface area contributed by atoms with Crippen molar-refractivity contribution in [3.63, 3.8) is 0 Å². The number of carbonyl (C=O) groups excluding carboxylic acids is 2. The van der Waals surface area contributed by atoms with Gasteiger partial charge in [0.05, 0.1) is 25.4 Å². The lowest BCUT2D eigenvalue weighted by Gasteiger charge is -2.20. The Morgan fingerprint density at radius 3 is 1.13 bits per heavy atom. The predicted octanol–water partition coefficient (Wildman–Crippen LogP) is 16.1. The maximum Gasteiger partial charge on any atom is 0.305 e. The molecule has 6 heteroatoms. The summed E-state index contributed by atoms with van der Waals surface area (Å²) in [6, 6.07) is -0.640. The normalized spacial score (nSPS) is 12.7. The van der Waals surface area contributed by atoms with Crippen LogP contribution in [0.4, 0.5) is 0 Å². The van der Waals surface area contributed by atoms with Crippen molar-refractivity contribution in [2.45, 2.75) is 309 Å². The number of hydrogen-bond acceptors (Lipinski definition) is 5. The van der Waals surface area contributed by atoms with Crippen molar-refractivity contribution in [3.8, 4) is 0 Å². The Labute approximate surface area is 374 Å². The Morgan fingerprint density at radius 1 is 0.450 bits per heavy atom. The highest BCUT2D eigenvalue weighted by atomic mass is 16.5. The van der Waals surface area contributed by atoms with Crippen molar-refractivity contribution >= 4 is 11.9 Å². The maximum absolute atomic E-state index is 12.4. The van der Waals surface area contributed by atoms with Crippen molar-refractivity contribution in [1.29, 1.82) is 0 Å². The first kappa shape index (κ1) is 58.6. The number of aliphatic hydroxyl groups is 2. The molecule has 2 unspecified atom stereocenters. The van der Waals surface area contributed by atoms with Gasteiger partial charge in [-0.3, -0.25) is 9.59 Å². The summed E-state index contributed by atoms with van der Waals surface area (Å²) < 4.78 is 5.47. The van der Waals surface area contributed by atoms with Crippen LogP contribution in [-0.2, 0) is 14.3 Å². The van der Waals surface area contributed by atoms with Gasteiger partial charge in [0.15, 0.2) is 0 Å². The van der Waals surface area contributed by atoms with E-state index in [9.17, 15) is 19.8 Å². The predicted molar refractivity (Wildman–Crippen MR) is 260 cm³/mol. The molecule has 0 aliphatic heterocycles. The van der Waals surface area contributed by atoms with E-state index >= 15 is 0 Å². The van der Waals surface area contributed by atoms with Gasteiger partial charge in [0.25, 0.3) is 0 Å². The van der Waals surface area contributed by atoms with E-state index in [1.165, 1.54) is 212 Å². The monoisotopic (exact) mass is 848 g/mol. The molecular weight excluding hydrogens is 743 g/mol. The molecule has 0 heterocycles. The first-order valence-corrected chi connectivity index (χ1v) is 27.0. The number of rotatable bonds is 50. The van der Waals surface area contributed by atoms with Crippen LogP contribution < -0.4 is 5.32 Å². The maximum atomic E-state index is 12.4. The van der Waals surface area contributed by atoms with Gasteiger partial charge in [0.2, 0.25) is 5.91 Å². The van der Waals surface area contributed by atoms with Crippen molar-refractivity contribution in [3.05, 3.63) is 12.2 Å². The number of amides is 1. The standard InChI is InChI=1S/C54H105NO5/c1-3-5-7-9-11-13-15-17-19-20-22-24-28-32-36-40-44-48-54(59)60-49-45-41-37-33-29-25-27-31-35-39-43-47-53(58)55-51(50-56)52(57)46-42-38-34-30-26-23-21-18-16-14-12-10-8-6-4-2/h42,46,51-52,56-57H,3-41,43-45,47-50H2,1-2H3,(H,55,58)/b46-42+. The highest BCUT2D eigenvalue weighted by molar-refractivity contribution is 5.76. The zero-order valence-electron chi connectivity index (χ0n) is 40.5. The largest absolute Gasteiger partial charge is 0.466 e. The van der Waals surface area contributed by atoms with Crippen LogP contribution in [0, 0.1) is 0 Å². The van der Waals surface area contributed by atoms with Gasteiger partial charge in [0.1, 0.15) is 0 Å². The van der Waals surface area contributed by atoms with E-state index in [0.29, 0.717) is 19.4 Å². The summed E-state index contributed by atoms with van der Waals surface area (Å²) in [6.45, 7) is 4.88. The second-order valence-electron chi connectivity index (χ2n) is 18.6. The highest BCUT2D eigenvalue weighted by Gasteiger charge is 2.18. The number of carbonyl (C=O) groups is 2. The van der Waals surface area contributed by atoms with Gasteiger partial charge in [0, 0.05) is 12.8 Å². The second-order valence-corrected chi connectivity index (χ2v) is 18.6. The molecule has 0 bridgehead atoms. The SMILES string of the molecule is CCCCCCCCCCCCCCC/C=C/C(O)C(CO)NC(=O)CCCCCCCCCCCCCOC(=O)CCCCCCCCCCCCCCCCCCC. The zero-order valence-corrected chi connectivity index (χ0v) is 40.5. The van der Waals surface area contributed by atoms with Gasteiger partial charge in [-0.1, -0.05) is 264 Å². The van der Waals surface area contributed by atoms with Crippen molar-refractivity contribution in [2.24, 2.45) is 0 Å². The summed E-state index contributed by atoms with van der Waals surface area (Å²) in [7, 11) is 0. The summed E-state index contributed by atoms with van der Waals surface area (Å²) in [6.07, 6.45) is 57.8.